The zero-order chi connectivity index (χ0) is 11.5. The standard InChI is InChI=1S/C14H17Cl/c1-4-10-14(15)12-9-7-6-8-11-13(3)5-2/h4-12H,2H2,1,3H3/b8-6+,9-7+,10-4-,13-11-,14-12+. The Bertz CT molecular complexity index is 325. The van der Waals surface area contributed by atoms with Gasteiger partial charge in [-0.15, -0.1) is 0 Å². The van der Waals surface area contributed by atoms with Crippen LogP contribution in [0.5, 0.6) is 0 Å². The maximum Gasteiger partial charge on any atom is 0.0402 e. The van der Waals surface area contributed by atoms with E-state index in [1.54, 1.807) is 0 Å². The highest BCUT2D eigenvalue weighted by atomic mass is 35.5. The Hall–Kier alpha value is -1.27. The molecular weight excluding hydrogens is 204 g/mol. The number of hydrogen-bond acceptors (Lipinski definition) is 0. The van der Waals surface area contributed by atoms with E-state index in [9.17, 15) is 0 Å². The van der Waals surface area contributed by atoms with E-state index in [-0.39, 0.29) is 0 Å². The van der Waals surface area contributed by atoms with Crippen molar-refractivity contribution in [1.82, 2.24) is 0 Å². The molecule has 0 aromatic carbocycles. The number of halogens is 1. The highest BCUT2D eigenvalue weighted by molar-refractivity contribution is 6.31. The molecule has 0 amide bonds. The first-order valence-corrected chi connectivity index (χ1v) is 5.21. The summed E-state index contributed by atoms with van der Waals surface area (Å²) in [4.78, 5) is 0. The van der Waals surface area contributed by atoms with E-state index >= 15 is 0 Å². The molecule has 0 rings (SSSR count). The maximum atomic E-state index is 5.84. The molecule has 0 aromatic heterocycles. The lowest BCUT2D eigenvalue weighted by Crippen LogP contribution is -1.62. The van der Waals surface area contributed by atoms with Gasteiger partial charge in [0, 0.05) is 5.03 Å². The summed E-state index contributed by atoms with van der Waals surface area (Å²) in [6, 6.07) is 0. The van der Waals surface area contributed by atoms with Crippen LogP contribution < -0.4 is 0 Å². The lowest BCUT2D eigenvalue weighted by Gasteiger charge is -1.83. The minimum absolute atomic E-state index is 0.722. The van der Waals surface area contributed by atoms with E-state index in [0.717, 1.165) is 10.6 Å². The SMILES string of the molecule is C=C\C(C)=C/C=C/C=C/C=C(Cl)\C=C/C. The molecule has 0 nitrogen and oxygen atoms in total. The fourth-order valence-corrected chi connectivity index (χ4v) is 0.965. The minimum atomic E-state index is 0.722. The van der Waals surface area contributed by atoms with Crippen LogP contribution in [-0.2, 0) is 0 Å². The first kappa shape index (κ1) is 13.7. The van der Waals surface area contributed by atoms with Gasteiger partial charge in [-0.1, -0.05) is 66.3 Å². The Morgan fingerprint density at radius 2 is 1.67 bits per heavy atom. The largest absolute Gasteiger partial charge is 0.0988 e. The molecule has 0 N–H and O–H groups in total. The van der Waals surface area contributed by atoms with Gasteiger partial charge in [0.15, 0.2) is 0 Å². The van der Waals surface area contributed by atoms with Gasteiger partial charge in [0.25, 0.3) is 0 Å². The molecule has 1 heteroatoms. The number of rotatable bonds is 5. The molecule has 0 aliphatic rings. The summed E-state index contributed by atoms with van der Waals surface area (Å²) in [5, 5.41) is 0.722. The summed E-state index contributed by atoms with van der Waals surface area (Å²) in [6.07, 6.45) is 17.1. The minimum Gasteiger partial charge on any atom is -0.0988 e. The van der Waals surface area contributed by atoms with Crippen LogP contribution in [0.4, 0.5) is 0 Å². The average Bonchev–Trinajstić information content (AvgIpc) is 2.23. The molecule has 0 aromatic rings. The fourth-order valence-electron chi connectivity index (χ4n) is 0.766. The fraction of sp³-hybridized carbons (Fsp3) is 0.143. The lowest BCUT2D eigenvalue weighted by atomic mass is 10.2. The molecule has 0 radical (unpaired) electrons. The molecule has 0 aliphatic heterocycles. The molecule has 0 spiro atoms. The summed E-state index contributed by atoms with van der Waals surface area (Å²) in [7, 11) is 0. The van der Waals surface area contributed by atoms with Gasteiger partial charge in [-0.25, -0.2) is 0 Å². The first-order valence-electron chi connectivity index (χ1n) is 4.83. The molecule has 0 fully saturated rings. The van der Waals surface area contributed by atoms with Gasteiger partial charge in [0.1, 0.15) is 0 Å². The summed E-state index contributed by atoms with van der Waals surface area (Å²) < 4.78 is 0. The summed E-state index contributed by atoms with van der Waals surface area (Å²) in [5.74, 6) is 0. The third-order valence-corrected chi connectivity index (χ3v) is 1.85. The Labute approximate surface area is 97.6 Å². The van der Waals surface area contributed by atoms with Gasteiger partial charge in [-0.2, -0.15) is 0 Å². The molecule has 15 heavy (non-hydrogen) atoms. The lowest BCUT2D eigenvalue weighted by molar-refractivity contribution is 1.53. The van der Waals surface area contributed by atoms with Crippen molar-refractivity contribution in [3.8, 4) is 0 Å². The number of allylic oxidation sites excluding steroid dienone is 11. The van der Waals surface area contributed by atoms with Gasteiger partial charge in [-0.05, 0) is 26.0 Å². The molecule has 0 bridgehead atoms. The summed E-state index contributed by atoms with van der Waals surface area (Å²) in [6.45, 7) is 7.60. The number of hydrogen-bond donors (Lipinski definition) is 0. The Morgan fingerprint density at radius 1 is 1.07 bits per heavy atom. The third-order valence-electron chi connectivity index (χ3n) is 1.60. The maximum absolute atomic E-state index is 5.84. The highest BCUT2D eigenvalue weighted by Gasteiger charge is 1.77. The third kappa shape index (κ3) is 9.04. The van der Waals surface area contributed by atoms with Crippen molar-refractivity contribution in [2.24, 2.45) is 0 Å². The van der Waals surface area contributed by atoms with Crippen LogP contribution in [0.1, 0.15) is 13.8 Å². The quantitative estimate of drug-likeness (QED) is 0.577. The van der Waals surface area contributed by atoms with Crippen LogP contribution in [0, 0.1) is 0 Å². The predicted molar refractivity (Wildman–Crippen MR) is 71.0 cm³/mol. The molecule has 0 atom stereocenters. The van der Waals surface area contributed by atoms with Gasteiger partial charge in [0.05, 0.1) is 0 Å². The van der Waals surface area contributed by atoms with E-state index in [4.69, 9.17) is 11.6 Å². The van der Waals surface area contributed by atoms with Crippen molar-refractivity contribution in [3.63, 3.8) is 0 Å². The van der Waals surface area contributed by atoms with Crippen molar-refractivity contribution in [2.75, 3.05) is 0 Å². The van der Waals surface area contributed by atoms with Gasteiger partial charge in [0.2, 0.25) is 0 Å². The zero-order valence-corrected chi connectivity index (χ0v) is 10.0. The van der Waals surface area contributed by atoms with E-state index in [0.29, 0.717) is 0 Å². The van der Waals surface area contributed by atoms with Crippen LogP contribution in [0.25, 0.3) is 0 Å². The van der Waals surface area contributed by atoms with Crippen molar-refractivity contribution >= 4 is 11.6 Å². The van der Waals surface area contributed by atoms with Crippen molar-refractivity contribution in [1.29, 1.82) is 0 Å². The second-order valence-electron chi connectivity index (χ2n) is 2.94. The predicted octanol–water partition coefficient (Wildman–Crippen LogP) is 4.93. The van der Waals surface area contributed by atoms with Crippen molar-refractivity contribution in [3.05, 3.63) is 71.9 Å². The zero-order valence-electron chi connectivity index (χ0n) is 9.28. The van der Waals surface area contributed by atoms with Crippen LogP contribution in [0.15, 0.2) is 71.9 Å². The Balaban J connectivity index is 4.11. The van der Waals surface area contributed by atoms with Crippen molar-refractivity contribution < 1.29 is 0 Å². The molecule has 0 saturated carbocycles. The second kappa shape index (κ2) is 9.29. The Kier molecular flexibility index (Phi) is 8.50. The van der Waals surface area contributed by atoms with Crippen LogP contribution in [0.3, 0.4) is 0 Å². The van der Waals surface area contributed by atoms with Crippen LogP contribution >= 0.6 is 11.6 Å². The van der Waals surface area contributed by atoms with Gasteiger partial charge < -0.3 is 0 Å². The Morgan fingerprint density at radius 3 is 2.20 bits per heavy atom. The average molecular weight is 221 g/mol. The van der Waals surface area contributed by atoms with E-state index in [2.05, 4.69) is 6.58 Å². The van der Waals surface area contributed by atoms with Gasteiger partial charge >= 0.3 is 0 Å². The monoisotopic (exact) mass is 220 g/mol. The topological polar surface area (TPSA) is 0 Å². The highest BCUT2D eigenvalue weighted by Crippen LogP contribution is 2.02. The smallest absolute Gasteiger partial charge is 0.0402 e. The molecular formula is C14H17Cl. The van der Waals surface area contributed by atoms with E-state index in [1.165, 1.54) is 0 Å². The molecule has 80 valence electrons. The first-order chi connectivity index (χ1) is 7.20. The second-order valence-corrected chi connectivity index (χ2v) is 3.37. The normalized spacial score (nSPS) is 14.6. The molecule has 0 heterocycles. The molecule has 0 aliphatic carbocycles. The molecule has 0 unspecified atom stereocenters. The van der Waals surface area contributed by atoms with Gasteiger partial charge in [-0.3, -0.25) is 0 Å². The van der Waals surface area contributed by atoms with Crippen LogP contribution in [0.2, 0.25) is 0 Å². The van der Waals surface area contributed by atoms with Crippen molar-refractivity contribution in [2.45, 2.75) is 13.8 Å². The molecule has 0 saturated heterocycles. The summed E-state index contributed by atoms with van der Waals surface area (Å²) in [5.41, 5.74) is 1.14. The summed E-state index contributed by atoms with van der Waals surface area (Å²) >= 11 is 5.84. The van der Waals surface area contributed by atoms with E-state index < -0.39 is 0 Å². The van der Waals surface area contributed by atoms with Crippen LogP contribution in [-0.4, -0.2) is 0 Å². The van der Waals surface area contributed by atoms with E-state index in [1.807, 2.05) is 68.5 Å².